The number of carbonyl (C=O) groups excluding carboxylic acids is 2. The number of furan rings is 1. The highest BCUT2D eigenvalue weighted by molar-refractivity contribution is 6.35. The van der Waals surface area contributed by atoms with Crippen molar-refractivity contribution in [1.29, 1.82) is 0 Å². The number of hydrogen-bond donors (Lipinski definition) is 1. The molecule has 2 aliphatic heterocycles. The Morgan fingerprint density at radius 2 is 2.28 bits per heavy atom. The number of amides is 2. The zero-order valence-corrected chi connectivity index (χ0v) is 9.96. The molecule has 3 heterocycles. The van der Waals surface area contributed by atoms with Crippen LogP contribution in [0.25, 0.3) is 0 Å². The summed E-state index contributed by atoms with van der Waals surface area (Å²) in [5.41, 5.74) is 0. The van der Waals surface area contributed by atoms with Crippen LogP contribution in [0.4, 0.5) is 0 Å². The van der Waals surface area contributed by atoms with E-state index in [2.05, 4.69) is 5.32 Å². The average molecular weight is 249 g/mol. The van der Waals surface area contributed by atoms with Crippen molar-refractivity contribution >= 4 is 11.8 Å². The zero-order valence-electron chi connectivity index (χ0n) is 9.96. The maximum Gasteiger partial charge on any atom is 0.312 e. The SMILES string of the molecule is O=C1C(=O)N2CCNCC2CN1Cc1ccco1. The molecule has 2 aliphatic rings. The maximum absolute atomic E-state index is 12.0. The van der Waals surface area contributed by atoms with Crippen LogP contribution in [-0.2, 0) is 16.1 Å². The van der Waals surface area contributed by atoms with Crippen molar-refractivity contribution in [3.8, 4) is 0 Å². The highest BCUT2D eigenvalue weighted by atomic mass is 16.3. The van der Waals surface area contributed by atoms with Crippen molar-refractivity contribution in [3.63, 3.8) is 0 Å². The lowest BCUT2D eigenvalue weighted by Gasteiger charge is -2.43. The fourth-order valence-corrected chi connectivity index (χ4v) is 2.51. The van der Waals surface area contributed by atoms with E-state index in [9.17, 15) is 9.59 Å². The smallest absolute Gasteiger partial charge is 0.312 e. The third-order valence-electron chi connectivity index (χ3n) is 3.44. The molecule has 0 aromatic carbocycles. The quantitative estimate of drug-likeness (QED) is 0.712. The molecular formula is C12H15N3O3. The first-order valence-electron chi connectivity index (χ1n) is 6.08. The Morgan fingerprint density at radius 1 is 1.39 bits per heavy atom. The van der Waals surface area contributed by atoms with Gasteiger partial charge in [0.25, 0.3) is 0 Å². The summed E-state index contributed by atoms with van der Waals surface area (Å²) in [5, 5.41) is 3.24. The molecule has 2 saturated heterocycles. The van der Waals surface area contributed by atoms with Gasteiger partial charge in [0.05, 0.1) is 18.8 Å². The largest absolute Gasteiger partial charge is 0.467 e. The highest BCUT2D eigenvalue weighted by Gasteiger charge is 2.40. The molecule has 0 spiro atoms. The van der Waals surface area contributed by atoms with Crippen molar-refractivity contribution in [2.45, 2.75) is 12.6 Å². The molecular weight excluding hydrogens is 234 g/mol. The molecule has 0 saturated carbocycles. The van der Waals surface area contributed by atoms with Gasteiger partial charge in [0, 0.05) is 26.2 Å². The van der Waals surface area contributed by atoms with Gasteiger partial charge in [0.1, 0.15) is 5.76 Å². The summed E-state index contributed by atoms with van der Waals surface area (Å²) in [6.07, 6.45) is 1.57. The van der Waals surface area contributed by atoms with Crippen LogP contribution in [0.2, 0.25) is 0 Å². The number of rotatable bonds is 2. The number of nitrogens with one attached hydrogen (secondary N) is 1. The molecule has 1 N–H and O–H groups in total. The van der Waals surface area contributed by atoms with Crippen molar-refractivity contribution in [2.24, 2.45) is 0 Å². The van der Waals surface area contributed by atoms with Crippen molar-refractivity contribution in [3.05, 3.63) is 24.2 Å². The molecule has 2 amide bonds. The standard InChI is InChI=1S/C12H15N3O3/c16-11-12(17)15-4-3-13-6-9(15)7-14(11)8-10-2-1-5-18-10/h1-2,5,9,13H,3-4,6-8H2. The second-order valence-electron chi connectivity index (χ2n) is 4.62. The van der Waals surface area contributed by atoms with Crippen molar-refractivity contribution < 1.29 is 14.0 Å². The molecule has 6 heteroatoms. The van der Waals surface area contributed by atoms with Crippen molar-refractivity contribution in [2.75, 3.05) is 26.2 Å². The van der Waals surface area contributed by atoms with Crippen molar-refractivity contribution in [1.82, 2.24) is 15.1 Å². The van der Waals surface area contributed by atoms with E-state index in [1.165, 1.54) is 0 Å². The molecule has 1 atom stereocenters. The van der Waals surface area contributed by atoms with Crippen LogP contribution in [0.1, 0.15) is 5.76 Å². The first kappa shape index (κ1) is 11.3. The van der Waals surface area contributed by atoms with E-state index in [-0.39, 0.29) is 11.9 Å². The van der Waals surface area contributed by atoms with Gasteiger partial charge in [-0.15, -0.1) is 0 Å². The van der Waals surface area contributed by atoms with Gasteiger partial charge in [-0.1, -0.05) is 0 Å². The third kappa shape index (κ3) is 1.88. The van der Waals surface area contributed by atoms with Gasteiger partial charge >= 0.3 is 11.8 Å². The summed E-state index contributed by atoms with van der Waals surface area (Å²) in [5.74, 6) is -0.114. The van der Waals surface area contributed by atoms with E-state index < -0.39 is 5.91 Å². The number of hydrogen-bond acceptors (Lipinski definition) is 4. The Kier molecular flexibility index (Phi) is 2.79. The van der Waals surface area contributed by atoms with E-state index in [4.69, 9.17) is 4.42 Å². The molecule has 1 aromatic rings. The maximum atomic E-state index is 12.0. The summed E-state index contributed by atoms with van der Waals surface area (Å²) in [6, 6.07) is 3.67. The summed E-state index contributed by atoms with van der Waals surface area (Å²) in [7, 11) is 0. The molecule has 2 fully saturated rings. The molecule has 6 nitrogen and oxygen atoms in total. The lowest BCUT2D eigenvalue weighted by atomic mass is 10.1. The predicted molar refractivity (Wildman–Crippen MR) is 62.5 cm³/mol. The summed E-state index contributed by atoms with van der Waals surface area (Å²) in [6.45, 7) is 3.05. The molecule has 96 valence electrons. The Balaban J connectivity index is 1.75. The van der Waals surface area contributed by atoms with Crippen LogP contribution in [0.5, 0.6) is 0 Å². The average Bonchev–Trinajstić information content (AvgIpc) is 2.89. The first-order valence-corrected chi connectivity index (χ1v) is 6.08. The number of nitrogens with zero attached hydrogens (tertiary/aromatic N) is 2. The van der Waals surface area contributed by atoms with Crippen LogP contribution in [0, 0.1) is 0 Å². The van der Waals surface area contributed by atoms with Crippen LogP contribution in [-0.4, -0.2) is 53.8 Å². The highest BCUT2D eigenvalue weighted by Crippen LogP contribution is 2.16. The summed E-state index contributed by atoms with van der Waals surface area (Å²) >= 11 is 0. The normalized spacial score (nSPS) is 24.3. The zero-order chi connectivity index (χ0) is 12.5. The van der Waals surface area contributed by atoms with Gasteiger partial charge in [-0.05, 0) is 12.1 Å². The minimum Gasteiger partial charge on any atom is -0.467 e. The van der Waals surface area contributed by atoms with E-state index in [1.807, 2.05) is 6.07 Å². The second-order valence-corrected chi connectivity index (χ2v) is 4.62. The summed E-state index contributed by atoms with van der Waals surface area (Å²) < 4.78 is 5.22. The summed E-state index contributed by atoms with van der Waals surface area (Å²) in [4.78, 5) is 27.2. The fraction of sp³-hybridized carbons (Fsp3) is 0.500. The van der Waals surface area contributed by atoms with Gasteiger partial charge in [0.15, 0.2) is 0 Å². The molecule has 1 aromatic heterocycles. The molecule has 0 aliphatic carbocycles. The Bertz CT molecular complexity index is 457. The van der Waals surface area contributed by atoms with Gasteiger partial charge in [-0.25, -0.2) is 0 Å². The van der Waals surface area contributed by atoms with Crippen LogP contribution in [0.15, 0.2) is 22.8 Å². The second kappa shape index (κ2) is 4.45. The van der Waals surface area contributed by atoms with E-state index >= 15 is 0 Å². The van der Waals surface area contributed by atoms with Gasteiger partial charge in [-0.2, -0.15) is 0 Å². The minimum absolute atomic E-state index is 0.0823. The Labute approximate surface area is 105 Å². The van der Waals surface area contributed by atoms with Crippen LogP contribution >= 0.6 is 0 Å². The van der Waals surface area contributed by atoms with E-state index in [0.29, 0.717) is 25.4 Å². The van der Waals surface area contributed by atoms with Crippen LogP contribution in [0.3, 0.4) is 0 Å². The molecule has 18 heavy (non-hydrogen) atoms. The number of piperazine rings is 2. The fourth-order valence-electron chi connectivity index (χ4n) is 2.51. The topological polar surface area (TPSA) is 65.8 Å². The number of fused-ring (bicyclic) bond motifs is 1. The molecule has 1 unspecified atom stereocenters. The lowest BCUT2D eigenvalue weighted by molar-refractivity contribution is -0.160. The first-order chi connectivity index (χ1) is 8.75. The molecule has 3 rings (SSSR count). The lowest BCUT2D eigenvalue weighted by Crippen LogP contribution is -2.65. The van der Waals surface area contributed by atoms with Crippen LogP contribution < -0.4 is 5.32 Å². The predicted octanol–water partition coefficient (Wildman–Crippen LogP) is -0.578. The van der Waals surface area contributed by atoms with Gasteiger partial charge in [-0.3, -0.25) is 9.59 Å². The Hall–Kier alpha value is -1.82. The Morgan fingerprint density at radius 3 is 3.06 bits per heavy atom. The minimum atomic E-state index is -0.426. The third-order valence-corrected chi connectivity index (χ3v) is 3.44. The number of carbonyl (C=O) groups is 2. The van der Waals surface area contributed by atoms with E-state index in [1.54, 1.807) is 22.1 Å². The molecule has 0 bridgehead atoms. The molecule has 0 radical (unpaired) electrons. The van der Waals surface area contributed by atoms with Gasteiger partial charge in [0.2, 0.25) is 0 Å². The van der Waals surface area contributed by atoms with E-state index in [0.717, 1.165) is 13.1 Å². The van der Waals surface area contributed by atoms with Gasteiger partial charge < -0.3 is 19.5 Å². The monoisotopic (exact) mass is 249 g/mol.